The highest BCUT2D eigenvalue weighted by molar-refractivity contribution is 5.86. The molecule has 0 saturated heterocycles. The van der Waals surface area contributed by atoms with Gasteiger partial charge in [-0.2, -0.15) is 0 Å². The summed E-state index contributed by atoms with van der Waals surface area (Å²) in [4.78, 5) is 10.6. The van der Waals surface area contributed by atoms with Crippen molar-refractivity contribution >= 4 is 5.97 Å². The average Bonchev–Trinajstić information content (AvgIpc) is 2.48. The molecule has 0 fully saturated rings. The van der Waals surface area contributed by atoms with Gasteiger partial charge in [-0.25, -0.2) is 4.79 Å². The summed E-state index contributed by atoms with van der Waals surface area (Å²) in [6.45, 7) is 5.37. The van der Waals surface area contributed by atoms with Gasteiger partial charge in [-0.05, 0) is 43.3 Å². The molecule has 4 nitrogen and oxygen atoms in total. The van der Waals surface area contributed by atoms with E-state index in [0.29, 0.717) is 11.5 Å². The van der Waals surface area contributed by atoms with Crippen molar-refractivity contribution in [1.29, 1.82) is 0 Å². The second-order valence-corrected chi connectivity index (χ2v) is 4.58. The van der Waals surface area contributed by atoms with Crippen molar-refractivity contribution in [1.82, 2.24) is 0 Å². The molecular weight excluding hydrogens is 268 g/mol. The highest BCUT2D eigenvalue weighted by Crippen LogP contribution is 2.24. The summed E-state index contributed by atoms with van der Waals surface area (Å²) in [7, 11) is 0. The third-order valence-corrected chi connectivity index (χ3v) is 2.80. The lowest BCUT2D eigenvalue weighted by Crippen LogP contribution is -2.08. The molecule has 2 aromatic carbocycles. The summed E-state index contributed by atoms with van der Waals surface area (Å²) in [5.74, 6) is 0.944. The lowest BCUT2D eigenvalue weighted by molar-refractivity contribution is -0.133. The first-order valence-electron chi connectivity index (χ1n) is 6.43. The van der Waals surface area contributed by atoms with E-state index in [1.54, 1.807) is 24.3 Å². The van der Waals surface area contributed by atoms with Crippen molar-refractivity contribution in [3.05, 3.63) is 66.2 Å². The van der Waals surface area contributed by atoms with Gasteiger partial charge in [0.05, 0.1) is 5.57 Å². The predicted molar refractivity (Wildman–Crippen MR) is 80.0 cm³/mol. The second-order valence-electron chi connectivity index (χ2n) is 4.58. The highest BCUT2D eigenvalue weighted by Gasteiger charge is 2.05. The maximum absolute atomic E-state index is 10.6. The number of rotatable bonds is 6. The van der Waals surface area contributed by atoms with Crippen LogP contribution < -0.4 is 9.47 Å². The van der Waals surface area contributed by atoms with Gasteiger partial charge in [-0.1, -0.05) is 24.3 Å². The summed E-state index contributed by atoms with van der Waals surface area (Å²) in [5.41, 5.74) is 1.18. The molecule has 4 heteroatoms. The number of aliphatic carboxylic acids is 1. The summed E-state index contributed by atoms with van der Waals surface area (Å²) >= 11 is 0. The molecule has 0 aliphatic heterocycles. The molecule has 21 heavy (non-hydrogen) atoms. The molecule has 108 valence electrons. The Hall–Kier alpha value is -2.75. The van der Waals surface area contributed by atoms with Crippen LogP contribution in [0, 0.1) is 6.92 Å². The molecule has 0 unspecified atom stereocenters. The van der Waals surface area contributed by atoms with Gasteiger partial charge < -0.3 is 14.6 Å². The zero-order valence-electron chi connectivity index (χ0n) is 11.7. The van der Waals surface area contributed by atoms with Crippen LogP contribution in [0.3, 0.4) is 0 Å². The van der Waals surface area contributed by atoms with Crippen molar-refractivity contribution in [3.63, 3.8) is 0 Å². The van der Waals surface area contributed by atoms with Gasteiger partial charge in [-0.15, -0.1) is 0 Å². The van der Waals surface area contributed by atoms with Gasteiger partial charge in [-0.3, -0.25) is 0 Å². The molecule has 0 bridgehead atoms. The Morgan fingerprint density at radius 1 is 1.00 bits per heavy atom. The van der Waals surface area contributed by atoms with Crippen molar-refractivity contribution in [2.75, 3.05) is 6.61 Å². The van der Waals surface area contributed by atoms with Crippen LogP contribution in [0.1, 0.15) is 5.56 Å². The van der Waals surface area contributed by atoms with E-state index in [0.717, 1.165) is 5.75 Å². The maximum Gasteiger partial charge on any atom is 0.334 e. The van der Waals surface area contributed by atoms with Crippen molar-refractivity contribution in [3.8, 4) is 17.2 Å². The number of aryl methyl sites for hydroxylation is 1. The fraction of sp³-hybridized carbons (Fsp3) is 0.118. The van der Waals surface area contributed by atoms with Crippen molar-refractivity contribution in [2.24, 2.45) is 0 Å². The number of carbonyl (C=O) groups is 1. The minimum absolute atomic E-state index is 0.00924. The zero-order valence-corrected chi connectivity index (χ0v) is 11.7. The molecule has 0 spiro atoms. The molecule has 0 aliphatic rings. The Balaban J connectivity index is 1.94. The van der Waals surface area contributed by atoms with Crippen molar-refractivity contribution < 1.29 is 19.4 Å². The monoisotopic (exact) mass is 284 g/mol. The minimum Gasteiger partial charge on any atom is -0.489 e. The van der Waals surface area contributed by atoms with E-state index < -0.39 is 5.97 Å². The Kier molecular flexibility index (Phi) is 4.61. The lowest BCUT2D eigenvalue weighted by Gasteiger charge is -2.08. The largest absolute Gasteiger partial charge is 0.489 e. The molecule has 0 saturated carbocycles. The second kappa shape index (κ2) is 6.61. The van der Waals surface area contributed by atoms with Crippen LogP contribution >= 0.6 is 0 Å². The van der Waals surface area contributed by atoms with Crippen LogP contribution in [-0.2, 0) is 4.79 Å². The van der Waals surface area contributed by atoms with Crippen LogP contribution in [0.4, 0.5) is 0 Å². The summed E-state index contributed by atoms with van der Waals surface area (Å²) in [6, 6.07) is 14.7. The lowest BCUT2D eigenvalue weighted by atomic mass is 10.2. The average molecular weight is 284 g/mol. The first-order valence-corrected chi connectivity index (χ1v) is 6.43. The number of carboxylic acids is 1. The van der Waals surface area contributed by atoms with E-state index in [-0.39, 0.29) is 12.2 Å². The number of benzene rings is 2. The smallest absolute Gasteiger partial charge is 0.334 e. The van der Waals surface area contributed by atoms with Crippen LogP contribution in [0.2, 0.25) is 0 Å². The number of hydrogen-bond acceptors (Lipinski definition) is 3. The van der Waals surface area contributed by atoms with Crippen LogP contribution in [0.25, 0.3) is 0 Å². The SMILES string of the molecule is C=C(COc1ccc(Oc2ccc(C)cc2)cc1)C(=O)O. The normalized spacial score (nSPS) is 9.95. The molecule has 0 radical (unpaired) electrons. The fourth-order valence-electron chi connectivity index (χ4n) is 1.58. The quantitative estimate of drug-likeness (QED) is 0.820. The number of ether oxygens (including phenoxy) is 2. The van der Waals surface area contributed by atoms with Crippen LogP contribution in [-0.4, -0.2) is 17.7 Å². The third kappa shape index (κ3) is 4.38. The Morgan fingerprint density at radius 3 is 2.00 bits per heavy atom. The topological polar surface area (TPSA) is 55.8 Å². The Bertz CT molecular complexity index is 627. The molecule has 1 N–H and O–H groups in total. The summed E-state index contributed by atoms with van der Waals surface area (Å²) < 4.78 is 11.0. The molecule has 0 amide bonds. The van der Waals surface area contributed by atoms with Gasteiger partial charge in [0.25, 0.3) is 0 Å². The molecular formula is C17H16O4. The summed E-state index contributed by atoms with van der Waals surface area (Å²) in [6.07, 6.45) is 0. The van der Waals surface area contributed by atoms with E-state index in [9.17, 15) is 4.79 Å². The molecule has 0 heterocycles. The van der Waals surface area contributed by atoms with E-state index in [1.807, 2.05) is 31.2 Å². The third-order valence-electron chi connectivity index (χ3n) is 2.80. The molecule has 0 atom stereocenters. The minimum atomic E-state index is -1.06. The van der Waals surface area contributed by atoms with Crippen LogP contribution in [0.5, 0.6) is 17.2 Å². The molecule has 2 aromatic rings. The van der Waals surface area contributed by atoms with E-state index in [2.05, 4.69) is 6.58 Å². The van der Waals surface area contributed by atoms with E-state index >= 15 is 0 Å². The van der Waals surface area contributed by atoms with Gasteiger partial charge in [0.1, 0.15) is 23.9 Å². The van der Waals surface area contributed by atoms with Crippen LogP contribution in [0.15, 0.2) is 60.7 Å². The fourth-order valence-corrected chi connectivity index (χ4v) is 1.58. The first-order chi connectivity index (χ1) is 10.0. The summed E-state index contributed by atoms with van der Waals surface area (Å²) in [5, 5.41) is 8.69. The maximum atomic E-state index is 10.6. The number of carboxylic acid groups (broad SMARTS) is 1. The molecule has 2 rings (SSSR count). The van der Waals surface area contributed by atoms with Gasteiger partial charge in [0.2, 0.25) is 0 Å². The van der Waals surface area contributed by atoms with E-state index in [1.165, 1.54) is 5.56 Å². The number of hydrogen-bond donors (Lipinski definition) is 1. The Labute approximate surface area is 123 Å². The zero-order chi connectivity index (χ0) is 15.2. The molecule has 0 aliphatic carbocycles. The highest BCUT2D eigenvalue weighted by atomic mass is 16.5. The standard InChI is InChI=1S/C17H16O4/c1-12-3-5-15(6-4-12)21-16-9-7-14(8-10-16)20-11-13(2)17(18)19/h3-10H,2,11H2,1H3,(H,18,19). The first kappa shape index (κ1) is 14.7. The van der Waals surface area contributed by atoms with Gasteiger partial charge in [0.15, 0.2) is 0 Å². The predicted octanol–water partition coefficient (Wildman–Crippen LogP) is 3.81. The van der Waals surface area contributed by atoms with E-state index in [4.69, 9.17) is 14.6 Å². The van der Waals surface area contributed by atoms with Gasteiger partial charge >= 0.3 is 5.97 Å². The Morgan fingerprint density at radius 2 is 1.48 bits per heavy atom. The van der Waals surface area contributed by atoms with Crippen molar-refractivity contribution in [2.45, 2.75) is 6.92 Å². The van der Waals surface area contributed by atoms with Gasteiger partial charge in [0, 0.05) is 0 Å². The molecule has 0 aromatic heterocycles.